The third kappa shape index (κ3) is 4.36. The van der Waals surface area contributed by atoms with Gasteiger partial charge in [0.25, 0.3) is 5.19 Å². The summed E-state index contributed by atoms with van der Waals surface area (Å²) < 4.78 is 63.2. The minimum atomic E-state index is -3.84. The van der Waals surface area contributed by atoms with Crippen molar-refractivity contribution in [2.75, 3.05) is 19.7 Å². The van der Waals surface area contributed by atoms with E-state index in [2.05, 4.69) is 16.2 Å². The number of benzene rings is 2. The summed E-state index contributed by atoms with van der Waals surface area (Å²) >= 11 is 1.37. The van der Waals surface area contributed by atoms with Crippen molar-refractivity contribution >= 4 is 27.4 Å². The Morgan fingerprint density at radius 3 is 2.49 bits per heavy atom. The van der Waals surface area contributed by atoms with Gasteiger partial charge >= 0.3 is 0 Å². The number of sulfonamides is 1. The molecule has 1 aliphatic carbocycles. The lowest BCUT2D eigenvalue weighted by molar-refractivity contribution is 0.125. The van der Waals surface area contributed by atoms with Gasteiger partial charge in [0.2, 0.25) is 10.0 Å². The molecule has 0 N–H and O–H groups in total. The lowest BCUT2D eigenvalue weighted by Crippen LogP contribution is -2.51. The van der Waals surface area contributed by atoms with E-state index in [9.17, 15) is 17.2 Å². The number of nitrogens with zero attached hydrogens (tertiary/aromatic N) is 4. The third-order valence-electron chi connectivity index (χ3n) is 6.92. The Balaban J connectivity index is 1.37. The van der Waals surface area contributed by atoms with E-state index in [1.807, 2.05) is 5.38 Å². The second-order valence-electron chi connectivity index (χ2n) is 9.20. The second-order valence-corrected chi connectivity index (χ2v) is 12.0. The van der Waals surface area contributed by atoms with E-state index in [0.29, 0.717) is 18.0 Å². The molecule has 4 aromatic rings. The Morgan fingerprint density at radius 1 is 1.05 bits per heavy atom. The van der Waals surface area contributed by atoms with Gasteiger partial charge in [-0.15, -0.1) is 0 Å². The van der Waals surface area contributed by atoms with Gasteiger partial charge in [-0.25, -0.2) is 26.9 Å². The van der Waals surface area contributed by atoms with Gasteiger partial charge in [-0.2, -0.15) is 9.40 Å². The first-order valence-corrected chi connectivity index (χ1v) is 14.0. The Bertz CT molecular complexity index is 1570. The van der Waals surface area contributed by atoms with Gasteiger partial charge < -0.3 is 4.74 Å². The molecule has 190 valence electrons. The highest BCUT2D eigenvalue weighted by atomic mass is 32.2. The first kappa shape index (κ1) is 24.0. The van der Waals surface area contributed by atoms with Crippen LogP contribution < -0.4 is 4.74 Å². The molecule has 2 aromatic heterocycles. The van der Waals surface area contributed by atoms with Crippen LogP contribution in [0.1, 0.15) is 17.7 Å². The summed E-state index contributed by atoms with van der Waals surface area (Å²) in [5, 5.41) is 6.89. The fourth-order valence-corrected chi connectivity index (χ4v) is 7.07. The summed E-state index contributed by atoms with van der Waals surface area (Å²) in [4.78, 5) is 4.27. The third-order valence-corrected chi connectivity index (χ3v) is 9.46. The van der Waals surface area contributed by atoms with Crippen LogP contribution >= 0.6 is 11.3 Å². The van der Waals surface area contributed by atoms with Gasteiger partial charge in [0.05, 0.1) is 22.5 Å². The fourth-order valence-electron chi connectivity index (χ4n) is 5.05. The predicted molar refractivity (Wildman–Crippen MR) is 135 cm³/mol. The van der Waals surface area contributed by atoms with E-state index in [-0.39, 0.29) is 30.4 Å². The van der Waals surface area contributed by atoms with Crippen molar-refractivity contribution in [1.29, 1.82) is 0 Å². The van der Waals surface area contributed by atoms with Crippen LogP contribution in [0.3, 0.4) is 0 Å². The van der Waals surface area contributed by atoms with Crippen molar-refractivity contribution in [3.8, 4) is 10.9 Å². The maximum absolute atomic E-state index is 13.5. The molecule has 3 heterocycles. The standard InChI is InChI=1S/C26H22F2N4O3S2/c27-20-1-5-22(6-2-20)32-24-13-19-9-11-31(37(33,34)23-7-3-21(28)4-8-23)16-26(19,14-18(24)15-30-32)17-35-25-29-10-12-36-25/h1-8,10,12-13,15H,9,11,14,16-17H2/t26-/m1/s1. The van der Waals surface area contributed by atoms with Gasteiger partial charge in [0.15, 0.2) is 0 Å². The van der Waals surface area contributed by atoms with Crippen molar-refractivity contribution in [3.05, 3.63) is 94.8 Å². The number of hydrogen-bond donors (Lipinski definition) is 0. The van der Waals surface area contributed by atoms with Crippen molar-refractivity contribution in [3.63, 3.8) is 0 Å². The van der Waals surface area contributed by atoms with Crippen LogP contribution in [0.2, 0.25) is 0 Å². The largest absolute Gasteiger partial charge is 0.469 e. The number of thiazole rings is 1. The number of ether oxygens (including phenoxy) is 1. The molecule has 1 atom stereocenters. The van der Waals surface area contributed by atoms with Crippen LogP contribution in [-0.4, -0.2) is 47.2 Å². The molecule has 2 aromatic carbocycles. The number of fused-ring (bicyclic) bond motifs is 2. The van der Waals surface area contributed by atoms with Crippen molar-refractivity contribution in [2.45, 2.75) is 17.7 Å². The number of piperidine rings is 1. The van der Waals surface area contributed by atoms with Crippen LogP contribution in [-0.2, 0) is 16.4 Å². The molecule has 0 saturated carbocycles. The molecule has 0 unspecified atom stereocenters. The van der Waals surface area contributed by atoms with E-state index in [0.717, 1.165) is 34.7 Å². The van der Waals surface area contributed by atoms with Gasteiger partial charge in [0, 0.05) is 30.1 Å². The van der Waals surface area contributed by atoms with Crippen LogP contribution in [0.25, 0.3) is 11.8 Å². The maximum atomic E-state index is 13.5. The summed E-state index contributed by atoms with van der Waals surface area (Å²) in [5.74, 6) is -0.815. The first-order chi connectivity index (χ1) is 17.8. The van der Waals surface area contributed by atoms with E-state index >= 15 is 0 Å². The summed E-state index contributed by atoms with van der Waals surface area (Å²) in [6, 6.07) is 11.0. The quantitative estimate of drug-likeness (QED) is 0.354. The van der Waals surface area contributed by atoms with Crippen LogP contribution in [0.15, 0.2) is 76.8 Å². The zero-order valence-electron chi connectivity index (χ0n) is 19.5. The molecule has 2 aliphatic rings. The highest BCUT2D eigenvalue weighted by molar-refractivity contribution is 7.89. The van der Waals surface area contributed by atoms with Gasteiger partial charge in [-0.05, 0) is 73.0 Å². The summed E-state index contributed by atoms with van der Waals surface area (Å²) in [5.41, 5.74) is 2.99. The molecule has 0 amide bonds. The SMILES string of the molecule is O=S(=O)(c1ccc(F)cc1)N1CCC2=Cc3c(cnn3-c3ccc(F)cc3)C[C@]2(COc2nccs2)C1. The molecule has 1 saturated heterocycles. The number of hydrogen-bond acceptors (Lipinski definition) is 6. The van der Waals surface area contributed by atoms with E-state index in [4.69, 9.17) is 4.74 Å². The molecule has 37 heavy (non-hydrogen) atoms. The van der Waals surface area contributed by atoms with Gasteiger partial charge in [0.1, 0.15) is 18.2 Å². The summed E-state index contributed by atoms with van der Waals surface area (Å²) in [6.07, 6.45) is 6.49. The normalized spacial score (nSPS) is 19.7. The minimum absolute atomic E-state index is 0.0537. The average molecular weight is 541 g/mol. The maximum Gasteiger partial charge on any atom is 0.273 e. The molecule has 0 spiro atoms. The molecular weight excluding hydrogens is 518 g/mol. The van der Waals surface area contributed by atoms with Crippen molar-refractivity contribution < 1.29 is 21.9 Å². The van der Waals surface area contributed by atoms with E-state index < -0.39 is 21.3 Å². The smallest absolute Gasteiger partial charge is 0.273 e. The van der Waals surface area contributed by atoms with E-state index in [1.54, 1.807) is 29.2 Å². The second kappa shape index (κ2) is 9.16. The molecule has 6 rings (SSSR count). The van der Waals surface area contributed by atoms with Crippen LogP contribution in [0.5, 0.6) is 5.19 Å². The number of rotatable bonds is 6. The first-order valence-electron chi connectivity index (χ1n) is 11.7. The summed E-state index contributed by atoms with van der Waals surface area (Å²) in [7, 11) is -3.84. The van der Waals surface area contributed by atoms with Gasteiger partial charge in [-0.1, -0.05) is 16.9 Å². The molecular formula is C26H22F2N4O3S2. The highest BCUT2D eigenvalue weighted by Crippen LogP contribution is 2.45. The predicted octanol–water partition coefficient (Wildman–Crippen LogP) is 4.71. The highest BCUT2D eigenvalue weighted by Gasteiger charge is 2.47. The lowest BCUT2D eigenvalue weighted by atomic mass is 9.69. The Morgan fingerprint density at radius 2 is 1.78 bits per heavy atom. The Labute approximate surface area is 216 Å². The van der Waals surface area contributed by atoms with Crippen molar-refractivity contribution in [2.24, 2.45) is 5.41 Å². The van der Waals surface area contributed by atoms with E-state index in [1.165, 1.54) is 39.9 Å². The Kier molecular flexibility index (Phi) is 5.93. The zero-order valence-corrected chi connectivity index (χ0v) is 21.2. The molecule has 11 heteroatoms. The minimum Gasteiger partial charge on any atom is -0.469 e. The van der Waals surface area contributed by atoms with Crippen molar-refractivity contribution in [1.82, 2.24) is 19.1 Å². The summed E-state index contributed by atoms with van der Waals surface area (Å²) in [6.45, 7) is 0.721. The number of aromatic nitrogens is 3. The number of halogens is 2. The van der Waals surface area contributed by atoms with Crippen LogP contribution in [0.4, 0.5) is 8.78 Å². The molecule has 0 radical (unpaired) electrons. The molecule has 7 nitrogen and oxygen atoms in total. The molecule has 1 aliphatic heterocycles. The fraction of sp³-hybridized carbons (Fsp3) is 0.231. The monoisotopic (exact) mass is 540 g/mol. The zero-order chi connectivity index (χ0) is 25.6. The topological polar surface area (TPSA) is 77.3 Å². The molecule has 1 fully saturated rings. The Hall–Kier alpha value is -3.41. The van der Waals surface area contributed by atoms with Gasteiger partial charge in [-0.3, -0.25) is 0 Å². The van der Waals surface area contributed by atoms with Crippen LogP contribution in [0, 0.1) is 17.0 Å². The molecule has 0 bridgehead atoms. The average Bonchev–Trinajstić information content (AvgIpc) is 3.56. The lowest BCUT2D eigenvalue weighted by Gasteiger charge is -2.45.